The molecule has 0 unspecified atom stereocenters. The van der Waals surface area contributed by atoms with E-state index < -0.39 is 5.97 Å². The Kier molecular flexibility index (Phi) is 3.53. The number of carboxylic acid groups (broad SMARTS) is 1. The number of hydrogen-bond acceptors (Lipinski definition) is 3. The molecule has 4 nitrogen and oxygen atoms in total. The van der Waals surface area contributed by atoms with Gasteiger partial charge in [0, 0.05) is 11.6 Å². The van der Waals surface area contributed by atoms with E-state index in [-0.39, 0.29) is 18.2 Å². The van der Waals surface area contributed by atoms with E-state index in [2.05, 4.69) is 10.4 Å². The molecule has 0 aliphatic rings. The summed E-state index contributed by atoms with van der Waals surface area (Å²) in [4.78, 5) is 22.6. The van der Waals surface area contributed by atoms with Gasteiger partial charge >= 0.3 is 5.97 Å². The number of para-hydroxylation sites is 1. The van der Waals surface area contributed by atoms with E-state index in [0.717, 1.165) is 0 Å². The quantitative estimate of drug-likeness (QED) is 0.817. The van der Waals surface area contributed by atoms with Gasteiger partial charge in [0.25, 0.3) is 1.43 Å². The molecule has 0 fully saturated rings. The van der Waals surface area contributed by atoms with Crippen LogP contribution in [0, 0.1) is 5.92 Å². The van der Waals surface area contributed by atoms with Crippen LogP contribution in [0.3, 0.4) is 0 Å². The Morgan fingerprint density at radius 2 is 2.12 bits per heavy atom. The topological polar surface area (TPSA) is 66.4 Å². The van der Waals surface area contributed by atoms with Gasteiger partial charge in [-0.1, -0.05) is 32.0 Å². The molecule has 4 heteroatoms. The van der Waals surface area contributed by atoms with Crippen molar-refractivity contribution < 1.29 is 14.7 Å². The van der Waals surface area contributed by atoms with Crippen LogP contribution >= 0.6 is 0 Å². The fourth-order valence-corrected chi connectivity index (χ4v) is 1.23. The number of aliphatic carboxylic acids is 1. The fraction of sp³-hybridized carbons (Fsp3) is 0.333. The molecule has 0 atom stereocenters. The summed E-state index contributed by atoms with van der Waals surface area (Å²) >= 11 is 0. The number of carbonyl (C=O) groups excluding carboxylic acids is 1. The van der Waals surface area contributed by atoms with Crippen LogP contribution in [0.25, 0.3) is 1.43 Å². The minimum absolute atomic E-state index is 0.0297. The van der Waals surface area contributed by atoms with E-state index in [4.69, 9.17) is 1.43 Å². The molecule has 0 saturated carbocycles. The number of nitrogens with one attached hydrogen (secondary N) is 1. The summed E-state index contributed by atoms with van der Waals surface area (Å²) in [5, 5.41) is 6.59. The molecule has 1 rings (SSSR count). The Bertz CT molecular complexity index is 418. The van der Waals surface area contributed by atoms with Crippen molar-refractivity contribution in [3.05, 3.63) is 29.8 Å². The number of anilines is 1. The zero-order valence-corrected chi connectivity index (χ0v) is 9.32. The lowest BCUT2D eigenvalue weighted by Crippen LogP contribution is -2.19. The first-order valence-electron chi connectivity index (χ1n) is 5.50. The van der Waals surface area contributed by atoms with Gasteiger partial charge in [0.2, 0.25) is 5.91 Å². The molecular formula is C12H15NO3. The van der Waals surface area contributed by atoms with Crippen molar-refractivity contribution in [2.75, 3.05) is 5.32 Å². The molecule has 1 aromatic carbocycles. The molecule has 1 amide bonds. The van der Waals surface area contributed by atoms with Crippen LogP contribution in [0.5, 0.6) is 0 Å². The summed E-state index contributed by atoms with van der Waals surface area (Å²) in [6.07, 6.45) is -0.0297. The van der Waals surface area contributed by atoms with Gasteiger partial charge in [-0.05, 0) is 11.6 Å². The van der Waals surface area contributed by atoms with Gasteiger partial charge in [0.1, 0.15) is 0 Å². The molecule has 2 N–H and O–H groups in total. The van der Waals surface area contributed by atoms with E-state index in [1.807, 2.05) is 0 Å². The number of carboxylic acids is 1. The van der Waals surface area contributed by atoms with Gasteiger partial charge in [-0.3, -0.25) is 9.59 Å². The van der Waals surface area contributed by atoms with Crippen molar-refractivity contribution in [3.63, 3.8) is 0 Å². The highest BCUT2D eigenvalue weighted by Gasteiger charge is 2.11. The third kappa shape index (κ3) is 3.38. The van der Waals surface area contributed by atoms with Crippen molar-refractivity contribution in [1.82, 2.24) is 0 Å². The number of amides is 1. The van der Waals surface area contributed by atoms with E-state index in [0.29, 0.717) is 11.3 Å². The second kappa shape index (κ2) is 5.30. The molecule has 1 aromatic rings. The Hall–Kier alpha value is -1.84. The van der Waals surface area contributed by atoms with Gasteiger partial charge in [-0.15, -0.1) is 0 Å². The van der Waals surface area contributed by atoms with E-state index in [1.165, 1.54) is 0 Å². The van der Waals surface area contributed by atoms with Crippen molar-refractivity contribution >= 4 is 17.6 Å². The lowest BCUT2D eigenvalue weighted by atomic mass is 10.1. The summed E-state index contributed by atoms with van der Waals surface area (Å²) in [5.74, 6) is -0.904. The van der Waals surface area contributed by atoms with Gasteiger partial charge in [0.05, 0.1) is 6.42 Å². The summed E-state index contributed by atoms with van der Waals surface area (Å²) in [5.41, 5.74) is 1.22. The van der Waals surface area contributed by atoms with Crippen molar-refractivity contribution in [2.45, 2.75) is 20.3 Å². The van der Waals surface area contributed by atoms with Crippen LogP contribution in [0.2, 0.25) is 0 Å². The lowest BCUT2D eigenvalue weighted by molar-refractivity contribution is -0.136. The molecule has 0 aliphatic carbocycles. The Balaban J connectivity index is 2.84. The van der Waals surface area contributed by atoms with Crippen molar-refractivity contribution in [2.24, 2.45) is 5.92 Å². The lowest BCUT2D eigenvalue weighted by Gasteiger charge is -2.11. The molecule has 0 bridgehead atoms. The minimum atomic E-state index is -0.656. The largest absolute Gasteiger partial charge is 0.481 e. The van der Waals surface area contributed by atoms with Crippen LogP contribution in [0.1, 0.15) is 19.4 Å². The van der Waals surface area contributed by atoms with Gasteiger partial charge in [-0.25, -0.2) is 0 Å². The summed E-state index contributed by atoms with van der Waals surface area (Å²) in [7, 11) is 0. The predicted molar refractivity (Wildman–Crippen MR) is 61.2 cm³/mol. The number of rotatable bonds is 4. The summed E-state index contributed by atoms with van der Waals surface area (Å²) in [6, 6.07) is 6.96. The van der Waals surface area contributed by atoms with Crippen LogP contribution < -0.4 is 5.32 Å². The molecule has 0 aliphatic heterocycles. The molecule has 0 spiro atoms. The normalized spacial score (nSPS) is 10.8. The SMILES string of the molecule is [2H]OC(=O)Cc1ccccc1NC(=O)C(C)C. The average molecular weight is 222 g/mol. The first-order valence-corrected chi connectivity index (χ1v) is 5.09. The van der Waals surface area contributed by atoms with Gasteiger partial charge < -0.3 is 10.4 Å². The third-order valence-electron chi connectivity index (χ3n) is 2.13. The van der Waals surface area contributed by atoms with Crippen molar-refractivity contribution in [1.29, 1.82) is 1.43 Å². The molecule has 0 aromatic heterocycles. The summed E-state index contributed by atoms with van der Waals surface area (Å²) in [6.45, 7) is 3.58. The van der Waals surface area contributed by atoms with Gasteiger partial charge in [0.15, 0.2) is 0 Å². The van der Waals surface area contributed by atoms with Crippen LogP contribution in [-0.4, -0.2) is 17.0 Å². The van der Waals surface area contributed by atoms with Crippen LogP contribution in [0.15, 0.2) is 24.3 Å². The second-order valence-corrected chi connectivity index (χ2v) is 3.85. The first-order chi connectivity index (χ1) is 8.04. The molecule has 0 radical (unpaired) electrons. The van der Waals surface area contributed by atoms with E-state index >= 15 is 0 Å². The number of carbonyl (C=O) groups is 2. The highest BCUT2D eigenvalue weighted by Crippen LogP contribution is 2.16. The van der Waals surface area contributed by atoms with Crippen LogP contribution in [0.4, 0.5) is 5.69 Å². The van der Waals surface area contributed by atoms with Gasteiger partial charge in [-0.2, -0.15) is 0 Å². The predicted octanol–water partition coefficient (Wildman–Crippen LogP) is 1.91. The minimum Gasteiger partial charge on any atom is -0.481 e. The molecule has 0 heterocycles. The van der Waals surface area contributed by atoms with Crippen LogP contribution in [-0.2, 0) is 16.0 Å². The first kappa shape index (κ1) is 10.7. The number of hydrogen-bond donors (Lipinski definition) is 2. The fourth-order valence-electron chi connectivity index (χ4n) is 1.23. The maximum Gasteiger partial charge on any atom is 0.307 e. The standard InChI is InChI=1S/C12H15NO3/c1-8(2)12(16)13-10-6-4-3-5-9(10)7-11(14)15/h3-6,8H,7H2,1-2H3,(H,13,16)(H,14,15)/i/hD. The maximum atomic E-state index is 11.6. The van der Waals surface area contributed by atoms with Crippen molar-refractivity contribution in [3.8, 4) is 0 Å². The van der Waals surface area contributed by atoms with E-state index in [1.54, 1.807) is 38.1 Å². The Labute approximate surface area is 95.8 Å². The molecular weight excluding hydrogens is 206 g/mol. The highest BCUT2D eigenvalue weighted by atomic mass is 16.4. The second-order valence-electron chi connectivity index (χ2n) is 3.85. The molecule has 0 saturated heterocycles. The zero-order valence-electron chi connectivity index (χ0n) is 10.3. The molecule has 86 valence electrons. The highest BCUT2D eigenvalue weighted by molar-refractivity contribution is 5.93. The monoisotopic (exact) mass is 222 g/mol. The summed E-state index contributed by atoms with van der Waals surface area (Å²) < 4.78 is 6.50. The smallest absolute Gasteiger partial charge is 0.307 e. The maximum absolute atomic E-state index is 11.6. The average Bonchev–Trinajstić information content (AvgIpc) is 2.31. The zero-order chi connectivity index (χ0) is 12.8. The third-order valence-corrected chi connectivity index (χ3v) is 2.13. The Morgan fingerprint density at radius 3 is 2.75 bits per heavy atom. The molecule has 16 heavy (non-hydrogen) atoms. The Morgan fingerprint density at radius 1 is 1.44 bits per heavy atom. The number of benzene rings is 1. The van der Waals surface area contributed by atoms with E-state index in [9.17, 15) is 9.59 Å².